The monoisotopic (exact) mass is 317 g/mol. The minimum Gasteiger partial charge on any atom is -0.239 e. The van der Waals surface area contributed by atoms with Gasteiger partial charge in [0.2, 0.25) is 4.73 Å². The Balaban J connectivity index is 2.05. The molecule has 0 fully saturated rings. The number of rotatable bonds is 1. The van der Waals surface area contributed by atoms with Crippen molar-refractivity contribution in [1.29, 1.82) is 0 Å². The molecule has 1 aliphatic heterocycles. The van der Waals surface area contributed by atoms with Crippen molar-refractivity contribution in [3.8, 4) is 0 Å². The Morgan fingerprint density at radius 1 is 1.28 bits per heavy atom. The molecule has 1 aromatic carbocycles. The molecule has 2 heterocycles. The van der Waals surface area contributed by atoms with Crippen LogP contribution in [0.3, 0.4) is 0 Å². The lowest BCUT2D eigenvalue weighted by molar-refractivity contribution is 0.328. The summed E-state index contributed by atoms with van der Waals surface area (Å²) in [5.74, 6) is -1.67. The first-order chi connectivity index (χ1) is 8.56. The van der Waals surface area contributed by atoms with Gasteiger partial charge in [-0.25, -0.2) is 22.8 Å². The van der Waals surface area contributed by atoms with Gasteiger partial charge in [0.15, 0.2) is 23.6 Å². The SMILES string of the molecule is Fc1ccc([C@@H]2C[C@H](F)c3nc(Br)nn32)cc1F. The zero-order chi connectivity index (χ0) is 12.9. The summed E-state index contributed by atoms with van der Waals surface area (Å²) in [7, 11) is 0. The van der Waals surface area contributed by atoms with Gasteiger partial charge in [-0.15, -0.1) is 5.10 Å². The molecule has 7 heteroatoms. The average Bonchev–Trinajstić information content (AvgIpc) is 2.83. The molecular weight excluding hydrogens is 311 g/mol. The van der Waals surface area contributed by atoms with Crippen LogP contribution in [0.4, 0.5) is 13.2 Å². The van der Waals surface area contributed by atoms with E-state index in [2.05, 4.69) is 26.0 Å². The van der Waals surface area contributed by atoms with Crippen LogP contribution in [0.1, 0.15) is 30.0 Å². The van der Waals surface area contributed by atoms with Crippen LogP contribution in [-0.4, -0.2) is 14.8 Å². The van der Waals surface area contributed by atoms with E-state index < -0.39 is 23.8 Å². The van der Waals surface area contributed by atoms with E-state index in [1.165, 1.54) is 10.7 Å². The number of halogens is 4. The van der Waals surface area contributed by atoms with Crippen molar-refractivity contribution in [3.05, 3.63) is 46.0 Å². The molecule has 0 aliphatic carbocycles. The Kier molecular flexibility index (Phi) is 2.65. The number of alkyl halides is 1. The van der Waals surface area contributed by atoms with Crippen LogP contribution < -0.4 is 0 Å². The van der Waals surface area contributed by atoms with E-state index in [9.17, 15) is 13.2 Å². The van der Waals surface area contributed by atoms with Crippen molar-refractivity contribution >= 4 is 15.9 Å². The van der Waals surface area contributed by atoms with Crippen LogP contribution in [0, 0.1) is 11.6 Å². The smallest absolute Gasteiger partial charge is 0.217 e. The number of nitrogens with zero attached hydrogens (tertiary/aromatic N) is 3. The van der Waals surface area contributed by atoms with Crippen LogP contribution in [0.2, 0.25) is 0 Å². The van der Waals surface area contributed by atoms with E-state index in [0.717, 1.165) is 12.1 Å². The summed E-state index contributed by atoms with van der Waals surface area (Å²) in [6.07, 6.45) is -1.12. The first-order valence-electron chi connectivity index (χ1n) is 5.27. The van der Waals surface area contributed by atoms with E-state index in [-0.39, 0.29) is 17.0 Å². The maximum Gasteiger partial charge on any atom is 0.217 e. The fourth-order valence-electron chi connectivity index (χ4n) is 2.15. The van der Waals surface area contributed by atoms with Crippen LogP contribution in [0.15, 0.2) is 22.9 Å². The largest absolute Gasteiger partial charge is 0.239 e. The van der Waals surface area contributed by atoms with E-state index >= 15 is 0 Å². The maximum atomic E-state index is 13.7. The molecule has 1 aromatic heterocycles. The standard InChI is InChI=1S/C11H7BrF3N3/c12-11-16-10-8(15)4-9(18(10)17-11)5-1-2-6(13)7(14)3-5/h1-3,8-9H,4H2/t8-,9-/m0/s1. The normalized spacial score (nSPS) is 22.2. The highest BCUT2D eigenvalue weighted by Crippen LogP contribution is 2.39. The van der Waals surface area contributed by atoms with Gasteiger partial charge in [-0.1, -0.05) is 6.07 Å². The van der Waals surface area contributed by atoms with Gasteiger partial charge in [0.1, 0.15) is 0 Å². The molecule has 2 atom stereocenters. The molecule has 0 radical (unpaired) electrons. The molecule has 1 aliphatic rings. The minimum atomic E-state index is -1.25. The third-order valence-electron chi connectivity index (χ3n) is 2.97. The molecule has 0 saturated carbocycles. The molecule has 0 bridgehead atoms. The average molecular weight is 318 g/mol. The number of benzene rings is 1. The molecule has 2 aromatic rings. The van der Waals surface area contributed by atoms with Crippen molar-refractivity contribution in [2.45, 2.75) is 18.6 Å². The Labute approximate surface area is 109 Å². The lowest BCUT2D eigenvalue weighted by Crippen LogP contribution is -2.08. The third-order valence-corrected chi connectivity index (χ3v) is 3.30. The summed E-state index contributed by atoms with van der Waals surface area (Å²) < 4.78 is 41.5. The van der Waals surface area contributed by atoms with Crippen molar-refractivity contribution in [2.24, 2.45) is 0 Å². The predicted octanol–water partition coefficient (Wildman–Crippen LogP) is 3.32. The lowest BCUT2D eigenvalue weighted by Gasteiger charge is -2.11. The van der Waals surface area contributed by atoms with E-state index in [4.69, 9.17) is 0 Å². The van der Waals surface area contributed by atoms with Crippen LogP contribution >= 0.6 is 15.9 Å². The Hall–Kier alpha value is -1.37. The molecule has 0 spiro atoms. The molecule has 94 valence electrons. The quantitative estimate of drug-likeness (QED) is 0.807. The minimum absolute atomic E-state index is 0.133. The van der Waals surface area contributed by atoms with Crippen LogP contribution in [-0.2, 0) is 0 Å². The van der Waals surface area contributed by atoms with Crippen LogP contribution in [0.5, 0.6) is 0 Å². The molecular formula is C11H7BrF3N3. The van der Waals surface area contributed by atoms with Crippen LogP contribution in [0.25, 0.3) is 0 Å². The Morgan fingerprint density at radius 2 is 2.06 bits per heavy atom. The second-order valence-corrected chi connectivity index (χ2v) is 4.79. The fourth-order valence-corrected chi connectivity index (χ4v) is 2.50. The molecule has 3 nitrogen and oxygen atoms in total. The first-order valence-corrected chi connectivity index (χ1v) is 6.06. The van der Waals surface area contributed by atoms with Gasteiger partial charge in [-0.3, -0.25) is 0 Å². The second-order valence-electron chi connectivity index (χ2n) is 4.08. The zero-order valence-electron chi connectivity index (χ0n) is 8.95. The maximum absolute atomic E-state index is 13.7. The highest BCUT2D eigenvalue weighted by atomic mass is 79.9. The molecule has 0 amide bonds. The second kappa shape index (κ2) is 4.08. The van der Waals surface area contributed by atoms with Gasteiger partial charge in [-0.2, -0.15) is 0 Å². The Morgan fingerprint density at radius 3 is 2.78 bits per heavy atom. The number of aromatic nitrogens is 3. The van der Waals surface area contributed by atoms with Crippen molar-refractivity contribution in [2.75, 3.05) is 0 Å². The van der Waals surface area contributed by atoms with Gasteiger partial charge in [0.25, 0.3) is 0 Å². The topological polar surface area (TPSA) is 30.7 Å². The molecule has 0 unspecified atom stereocenters. The van der Waals surface area contributed by atoms with E-state index in [0.29, 0.717) is 5.56 Å². The lowest BCUT2D eigenvalue weighted by atomic mass is 10.0. The van der Waals surface area contributed by atoms with Gasteiger partial charge in [0, 0.05) is 6.42 Å². The van der Waals surface area contributed by atoms with Crippen molar-refractivity contribution in [1.82, 2.24) is 14.8 Å². The highest BCUT2D eigenvalue weighted by Gasteiger charge is 2.35. The summed E-state index contributed by atoms with van der Waals surface area (Å²) in [6.45, 7) is 0. The predicted molar refractivity (Wildman–Crippen MR) is 60.7 cm³/mol. The number of hydrogen-bond acceptors (Lipinski definition) is 2. The summed E-state index contributed by atoms with van der Waals surface area (Å²) >= 11 is 3.07. The number of fused-ring (bicyclic) bond motifs is 1. The van der Waals surface area contributed by atoms with E-state index in [1.807, 2.05) is 0 Å². The Bertz CT molecular complexity index is 614. The first kappa shape index (κ1) is 11.7. The van der Waals surface area contributed by atoms with Crippen molar-refractivity contribution in [3.63, 3.8) is 0 Å². The molecule has 18 heavy (non-hydrogen) atoms. The van der Waals surface area contributed by atoms with Gasteiger partial charge >= 0.3 is 0 Å². The van der Waals surface area contributed by atoms with Gasteiger partial charge in [-0.05, 0) is 33.6 Å². The molecule has 3 rings (SSSR count). The summed E-state index contributed by atoms with van der Waals surface area (Å²) in [5, 5.41) is 4.02. The number of hydrogen-bond donors (Lipinski definition) is 0. The van der Waals surface area contributed by atoms with Gasteiger partial charge in [0.05, 0.1) is 6.04 Å². The molecule has 0 saturated heterocycles. The van der Waals surface area contributed by atoms with Gasteiger partial charge < -0.3 is 0 Å². The zero-order valence-corrected chi connectivity index (χ0v) is 10.5. The van der Waals surface area contributed by atoms with Crippen molar-refractivity contribution < 1.29 is 13.2 Å². The highest BCUT2D eigenvalue weighted by molar-refractivity contribution is 9.10. The third kappa shape index (κ3) is 1.73. The van der Waals surface area contributed by atoms with E-state index in [1.54, 1.807) is 0 Å². The summed E-state index contributed by atoms with van der Waals surface area (Å²) in [5.41, 5.74) is 0.479. The molecule has 0 N–H and O–H groups in total. The summed E-state index contributed by atoms with van der Waals surface area (Å²) in [6, 6.07) is 3.07. The summed E-state index contributed by atoms with van der Waals surface area (Å²) in [4.78, 5) is 3.91. The fraction of sp³-hybridized carbons (Fsp3) is 0.273.